The lowest BCUT2D eigenvalue weighted by molar-refractivity contribution is -0.386. The molecule has 0 atom stereocenters. The summed E-state index contributed by atoms with van der Waals surface area (Å²) in [6, 6.07) is 7.23. The van der Waals surface area contributed by atoms with E-state index in [0.29, 0.717) is 12.0 Å². The highest BCUT2D eigenvalue weighted by molar-refractivity contribution is 5.83. The number of nitrogens with one attached hydrogen (secondary N) is 1. The van der Waals surface area contributed by atoms with E-state index in [1.54, 1.807) is 0 Å². The summed E-state index contributed by atoms with van der Waals surface area (Å²) in [7, 11) is 1.35. The Morgan fingerprint density at radius 1 is 1.29 bits per heavy atom. The Balaban J connectivity index is 2.26. The van der Waals surface area contributed by atoms with Crippen molar-refractivity contribution < 1.29 is 27.6 Å². The number of hydrazone groups is 1. The summed E-state index contributed by atoms with van der Waals surface area (Å²) in [5, 5.41) is 15.2. The molecule has 0 aliphatic heterocycles. The van der Waals surface area contributed by atoms with Gasteiger partial charge in [-0.25, -0.2) is 0 Å². The van der Waals surface area contributed by atoms with Crippen LogP contribution in [0.4, 0.5) is 24.5 Å². The van der Waals surface area contributed by atoms with Crippen molar-refractivity contribution in [2.24, 2.45) is 5.10 Å². The molecule has 0 saturated heterocycles. The molecule has 0 spiro atoms. The number of benzene rings is 2. The Hall–Kier alpha value is -3.30. The van der Waals surface area contributed by atoms with Gasteiger partial charge in [0.25, 0.3) is 0 Å². The number of halogens is 3. The summed E-state index contributed by atoms with van der Waals surface area (Å²) >= 11 is 0. The second-order valence-electron chi connectivity index (χ2n) is 5.63. The van der Waals surface area contributed by atoms with Gasteiger partial charge in [0.15, 0.2) is 5.75 Å². The molecule has 0 unspecified atom stereocenters. The zero-order valence-electron chi connectivity index (χ0n) is 15.1. The van der Waals surface area contributed by atoms with Crippen LogP contribution in [-0.4, -0.2) is 24.9 Å². The zero-order chi connectivity index (χ0) is 20.7. The van der Waals surface area contributed by atoms with Gasteiger partial charge >= 0.3 is 11.9 Å². The number of nitro groups is 1. The van der Waals surface area contributed by atoms with Crippen LogP contribution in [0, 0.1) is 10.1 Å². The second kappa shape index (κ2) is 9.07. The first-order valence-electron chi connectivity index (χ1n) is 8.21. The van der Waals surface area contributed by atoms with Gasteiger partial charge in [-0.05, 0) is 30.7 Å². The predicted octanol–water partition coefficient (Wildman–Crippen LogP) is 4.86. The molecular weight excluding hydrogens is 379 g/mol. The van der Waals surface area contributed by atoms with Crippen LogP contribution in [0.3, 0.4) is 0 Å². The number of hydrogen-bond donors (Lipinski definition) is 1. The molecule has 150 valence electrons. The number of rotatable bonds is 8. The summed E-state index contributed by atoms with van der Waals surface area (Å²) in [6.45, 7) is 2.14. The van der Waals surface area contributed by atoms with Crippen LogP contribution >= 0.6 is 0 Å². The van der Waals surface area contributed by atoms with Gasteiger partial charge in [0.05, 0.1) is 36.1 Å². The van der Waals surface area contributed by atoms with E-state index >= 15 is 0 Å². The van der Waals surface area contributed by atoms with Gasteiger partial charge in [-0.1, -0.05) is 13.0 Å². The topological polar surface area (TPSA) is 86.0 Å². The monoisotopic (exact) mass is 397 g/mol. The van der Waals surface area contributed by atoms with Crippen LogP contribution < -0.4 is 14.9 Å². The molecular formula is C18H18F3N3O4. The van der Waals surface area contributed by atoms with Gasteiger partial charge < -0.3 is 9.47 Å². The predicted molar refractivity (Wildman–Crippen MR) is 98.1 cm³/mol. The Kier molecular flexibility index (Phi) is 6.80. The van der Waals surface area contributed by atoms with Crippen molar-refractivity contribution in [3.63, 3.8) is 0 Å². The van der Waals surface area contributed by atoms with E-state index in [0.717, 1.165) is 12.1 Å². The summed E-state index contributed by atoms with van der Waals surface area (Å²) in [6.07, 6.45) is -2.58. The Morgan fingerprint density at radius 2 is 2.04 bits per heavy atom. The number of methoxy groups -OCH3 is 1. The highest BCUT2D eigenvalue weighted by Gasteiger charge is 2.30. The van der Waals surface area contributed by atoms with Crippen LogP contribution in [0.1, 0.15) is 24.5 Å². The molecule has 0 heterocycles. The molecule has 28 heavy (non-hydrogen) atoms. The maximum atomic E-state index is 12.7. The smallest absolute Gasteiger partial charge is 0.416 e. The fourth-order valence-electron chi connectivity index (χ4n) is 2.27. The van der Waals surface area contributed by atoms with Gasteiger partial charge in [0, 0.05) is 11.6 Å². The van der Waals surface area contributed by atoms with E-state index in [1.165, 1.54) is 37.6 Å². The quantitative estimate of drug-likeness (QED) is 0.391. The average Bonchev–Trinajstić information content (AvgIpc) is 2.65. The summed E-state index contributed by atoms with van der Waals surface area (Å²) in [4.78, 5) is 10.7. The number of hydrogen-bond acceptors (Lipinski definition) is 6. The van der Waals surface area contributed by atoms with Gasteiger partial charge in [0.1, 0.15) is 0 Å². The van der Waals surface area contributed by atoms with Crippen molar-refractivity contribution in [2.45, 2.75) is 19.5 Å². The van der Waals surface area contributed by atoms with Crippen molar-refractivity contribution in [3.05, 3.63) is 57.6 Å². The minimum atomic E-state index is -4.47. The zero-order valence-corrected chi connectivity index (χ0v) is 15.1. The number of nitro benzene ring substituents is 1. The second-order valence-corrected chi connectivity index (χ2v) is 5.63. The average molecular weight is 397 g/mol. The van der Waals surface area contributed by atoms with E-state index in [4.69, 9.17) is 9.47 Å². The standard InChI is InChI=1S/C18H18F3N3O4/c1-3-7-28-17-15(24(25)26)8-12(9-16(17)27-2)11-22-23-14-6-4-5-13(10-14)18(19,20)21/h4-6,8-11,23H,3,7H2,1-2H3. The summed E-state index contributed by atoms with van der Waals surface area (Å²) < 4.78 is 48.8. The molecule has 0 fully saturated rings. The molecule has 7 nitrogen and oxygen atoms in total. The molecule has 10 heteroatoms. The van der Waals surface area contributed by atoms with Crippen LogP contribution in [0.15, 0.2) is 41.5 Å². The number of anilines is 1. The van der Waals surface area contributed by atoms with Crippen molar-refractivity contribution in [3.8, 4) is 11.5 Å². The largest absolute Gasteiger partial charge is 0.493 e. The molecule has 0 aliphatic carbocycles. The van der Waals surface area contributed by atoms with Gasteiger partial charge in [-0.15, -0.1) is 0 Å². The van der Waals surface area contributed by atoms with Crippen LogP contribution in [0.5, 0.6) is 11.5 Å². The fourth-order valence-corrected chi connectivity index (χ4v) is 2.27. The molecule has 0 radical (unpaired) electrons. The molecule has 1 N–H and O–H groups in total. The molecule has 2 rings (SSSR count). The minimum absolute atomic E-state index is 0.0114. The third-order valence-electron chi connectivity index (χ3n) is 3.52. The summed E-state index contributed by atoms with van der Waals surface area (Å²) in [5.41, 5.74) is 1.79. The lowest BCUT2D eigenvalue weighted by atomic mass is 10.2. The van der Waals surface area contributed by atoms with Crippen LogP contribution in [0.2, 0.25) is 0 Å². The van der Waals surface area contributed by atoms with Crippen LogP contribution in [0.25, 0.3) is 0 Å². The van der Waals surface area contributed by atoms with E-state index in [1.807, 2.05) is 6.92 Å². The summed E-state index contributed by atoms with van der Waals surface area (Å²) in [5.74, 6) is 0.167. The first kappa shape index (κ1) is 21.0. The van der Waals surface area contributed by atoms with Gasteiger partial charge in [-0.2, -0.15) is 18.3 Å². The number of nitrogens with zero attached hydrogens (tertiary/aromatic N) is 2. The molecule has 0 saturated carbocycles. The van der Waals surface area contributed by atoms with Crippen molar-refractivity contribution >= 4 is 17.6 Å². The molecule has 2 aromatic carbocycles. The van der Waals surface area contributed by atoms with Crippen molar-refractivity contribution in [1.29, 1.82) is 0 Å². The van der Waals surface area contributed by atoms with E-state index < -0.39 is 16.7 Å². The maximum Gasteiger partial charge on any atom is 0.416 e. The molecule has 0 bridgehead atoms. The third kappa shape index (κ3) is 5.35. The molecule has 2 aromatic rings. The first-order valence-corrected chi connectivity index (χ1v) is 8.21. The van der Waals surface area contributed by atoms with Crippen molar-refractivity contribution in [1.82, 2.24) is 0 Å². The van der Waals surface area contributed by atoms with Crippen molar-refractivity contribution in [2.75, 3.05) is 19.1 Å². The molecule has 0 aliphatic rings. The van der Waals surface area contributed by atoms with Gasteiger partial charge in [-0.3, -0.25) is 15.5 Å². The number of ether oxygens (including phenoxy) is 2. The highest BCUT2D eigenvalue weighted by Crippen LogP contribution is 2.38. The lowest BCUT2D eigenvalue weighted by Gasteiger charge is -2.11. The Morgan fingerprint density at radius 3 is 2.64 bits per heavy atom. The number of alkyl halides is 3. The van der Waals surface area contributed by atoms with E-state index in [2.05, 4.69) is 10.5 Å². The maximum absolute atomic E-state index is 12.7. The molecule has 0 amide bonds. The van der Waals surface area contributed by atoms with E-state index in [-0.39, 0.29) is 29.5 Å². The third-order valence-corrected chi connectivity index (χ3v) is 3.52. The van der Waals surface area contributed by atoms with Crippen LogP contribution in [-0.2, 0) is 6.18 Å². The first-order chi connectivity index (χ1) is 13.3. The Bertz CT molecular complexity index is 870. The highest BCUT2D eigenvalue weighted by atomic mass is 19.4. The van der Waals surface area contributed by atoms with Gasteiger partial charge in [0.2, 0.25) is 5.75 Å². The minimum Gasteiger partial charge on any atom is -0.493 e. The van der Waals surface area contributed by atoms with E-state index in [9.17, 15) is 23.3 Å². The lowest BCUT2D eigenvalue weighted by Crippen LogP contribution is -2.05. The molecule has 0 aromatic heterocycles. The Labute approximate surface area is 158 Å². The fraction of sp³-hybridized carbons (Fsp3) is 0.278. The normalized spacial score (nSPS) is 11.5. The SMILES string of the molecule is CCCOc1c(OC)cc(C=NNc2cccc(C(F)(F)F)c2)cc1[N+](=O)[O-].